The first kappa shape index (κ1) is 16.3. The van der Waals surface area contributed by atoms with E-state index >= 15 is 0 Å². The van der Waals surface area contributed by atoms with Gasteiger partial charge in [0.05, 0.1) is 7.11 Å². The van der Waals surface area contributed by atoms with Crippen LogP contribution in [0.1, 0.15) is 30.4 Å². The third kappa shape index (κ3) is 2.81. The number of anilines is 2. The maximum Gasteiger partial charge on any atom is 0.231 e. The maximum absolute atomic E-state index is 12.2. The van der Waals surface area contributed by atoms with Crippen LogP contribution in [-0.4, -0.2) is 25.7 Å². The lowest BCUT2D eigenvalue weighted by molar-refractivity contribution is -0.116. The van der Waals surface area contributed by atoms with E-state index in [1.165, 1.54) is 6.92 Å². The Morgan fingerprint density at radius 2 is 2.12 bits per heavy atom. The van der Waals surface area contributed by atoms with Crippen molar-refractivity contribution in [2.24, 2.45) is 0 Å². The first-order chi connectivity index (χ1) is 12.5. The molecule has 2 amide bonds. The highest BCUT2D eigenvalue weighted by Gasteiger charge is 2.30. The molecule has 0 saturated carbocycles. The zero-order chi connectivity index (χ0) is 18.3. The smallest absolute Gasteiger partial charge is 0.231 e. The number of ether oxygens (including phenoxy) is 3. The summed E-state index contributed by atoms with van der Waals surface area (Å²) in [5.74, 6) is 1.38. The normalized spacial score (nSPS) is 17.3. The molecule has 1 unspecified atom stereocenters. The van der Waals surface area contributed by atoms with Gasteiger partial charge in [-0.15, -0.1) is 0 Å². The van der Waals surface area contributed by atoms with E-state index < -0.39 is 0 Å². The monoisotopic (exact) mass is 354 g/mol. The van der Waals surface area contributed by atoms with Gasteiger partial charge in [0.25, 0.3) is 0 Å². The van der Waals surface area contributed by atoms with Crippen LogP contribution in [0.2, 0.25) is 0 Å². The van der Waals surface area contributed by atoms with Crippen molar-refractivity contribution >= 4 is 23.2 Å². The standard InChI is InChI=1S/C19H18N2O5/c1-10(22)20-12-3-4-13-14(8-18(23)21-15(13)7-12)11-5-16(24-2)19-17(6-11)25-9-26-19/h3-7,14H,8-9H2,1-2H3,(H,20,22)(H,21,23). The van der Waals surface area contributed by atoms with Gasteiger partial charge < -0.3 is 24.8 Å². The van der Waals surface area contributed by atoms with E-state index in [4.69, 9.17) is 14.2 Å². The van der Waals surface area contributed by atoms with Crippen LogP contribution in [0.5, 0.6) is 17.2 Å². The summed E-state index contributed by atoms with van der Waals surface area (Å²) in [5, 5.41) is 5.61. The van der Waals surface area contributed by atoms with E-state index in [1.54, 1.807) is 13.2 Å². The fraction of sp³-hybridized carbons (Fsp3) is 0.263. The summed E-state index contributed by atoms with van der Waals surface area (Å²) >= 11 is 0. The van der Waals surface area contributed by atoms with Gasteiger partial charge in [0.2, 0.25) is 24.4 Å². The summed E-state index contributed by atoms with van der Waals surface area (Å²) in [6, 6.07) is 9.28. The Labute approximate surface area is 150 Å². The van der Waals surface area contributed by atoms with Crippen LogP contribution >= 0.6 is 0 Å². The molecule has 7 heteroatoms. The van der Waals surface area contributed by atoms with Crippen LogP contribution in [0.3, 0.4) is 0 Å². The van der Waals surface area contributed by atoms with Crippen molar-refractivity contribution in [1.82, 2.24) is 0 Å². The number of nitrogens with one attached hydrogen (secondary N) is 2. The molecule has 0 aliphatic carbocycles. The lowest BCUT2D eigenvalue weighted by Crippen LogP contribution is -2.23. The minimum absolute atomic E-state index is 0.0842. The van der Waals surface area contributed by atoms with E-state index in [-0.39, 0.29) is 24.5 Å². The first-order valence-electron chi connectivity index (χ1n) is 8.24. The Balaban J connectivity index is 1.77. The molecule has 0 fully saturated rings. The molecule has 0 bridgehead atoms. The number of hydrogen-bond acceptors (Lipinski definition) is 5. The van der Waals surface area contributed by atoms with E-state index in [9.17, 15) is 9.59 Å². The van der Waals surface area contributed by atoms with Gasteiger partial charge >= 0.3 is 0 Å². The molecule has 2 aromatic carbocycles. The Bertz CT molecular complexity index is 909. The fourth-order valence-electron chi connectivity index (χ4n) is 3.39. The Kier molecular flexibility index (Phi) is 3.91. The van der Waals surface area contributed by atoms with E-state index in [0.717, 1.165) is 11.1 Å². The number of hydrogen-bond donors (Lipinski definition) is 2. The number of methoxy groups -OCH3 is 1. The second-order valence-electron chi connectivity index (χ2n) is 6.25. The van der Waals surface area contributed by atoms with Crippen molar-refractivity contribution in [2.45, 2.75) is 19.3 Å². The van der Waals surface area contributed by atoms with Crippen LogP contribution in [0.25, 0.3) is 0 Å². The number of rotatable bonds is 3. The van der Waals surface area contributed by atoms with Crippen molar-refractivity contribution in [3.63, 3.8) is 0 Å². The Morgan fingerprint density at radius 3 is 2.88 bits per heavy atom. The highest BCUT2D eigenvalue weighted by molar-refractivity contribution is 5.97. The number of benzene rings is 2. The number of amides is 2. The summed E-state index contributed by atoms with van der Waals surface area (Å²) in [4.78, 5) is 23.5. The molecule has 2 aliphatic heterocycles. The van der Waals surface area contributed by atoms with Crippen molar-refractivity contribution in [3.05, 3.63) is 41.5 Å². The van der Waals surface area contributed by atoms with Gasteiger partial charge in [-0.2, -0.15) is 0 Å². The predicted molar refractivity (Wildman–Crippen MR) is 95.0 cm³/mol. The molecule has 7 nitrogen and oxygen atoms in total. The van der Waals surface area contributed by atoms with Crippen LogP contribution < -0.4 is 24.8 Å². The molecule has 1 atom stereocenters. The average Bonchev–Trinajstić information content (AvgIpc) is 3.07. The molecular formula is C19H18N2O5. The zero-order valence-corrected chi connectivity index (χ0v) is 14.4. The van der Waals surface area contributed by atoms with Crippen LogP contribution in [-0.2, 0) is 9.59 Å². The molecule has 2 N–H and O–H groups in total. The molecule has 0 aromatic heterocycles. The largest absolute Gasteiger partial charge is 0.493 e. The van der Waals surface area contributed by atoms with E-state index in [1.807, 2.05) is 24.3 Å². The molecule has 0 radical (unpaired) electrons. The third-order valence-electron chi connectivity index (χ3n) is 4.50. The van der Waals surface area contributed by atoms with Gasteiger partial charge in [-0.3, -0.25) is 9.59 Å². The van der Waals surface area contributed by atoms with Gasteiger partial charge in [-0.1, -0.05) is 6.07 Å². The lowest BCUT2D eigenvalue weighted by Gasteiger charge is -2.27. The minimum atomic E-state index is -0.163. The van der Waals surface area contributed by atoms with Crippen LogP contribution in [0.15, 0.2) is 30.3 Å². The number of carbonyl (C=O) groups is 2. The second kappa shape index (κ2) is 6.25. The number of carbonyl (C=O) groups excluding carboxylic acids is 2. The molecule has 0 saturated heterocycles. The summed E-state index contributed by atoms with van der Waals surface area (Å²) in [6.07, 6.45) is 0.315. The molecule has 134 valence electrons. The SMILES string of the molecule is COc1cc(C2CC(=O)Nc3cc(NC(C)=O)ccc32)cc2c1OCO2. The molecule has 2 heterocycles. The highest BCUT2D eigenvalue weighted by atomic mass is 16.7. The van der Waals surface area contributed by atoms with E-state index in [2.05, 4.69) is 10.6 Å². The molecular weight excluding hydrogens is 336 g/mol. The zero-order valence-electron chi connectivity index (χ0n) is 14.4. The molecule has 2 aliphatic rings. The molecule has 4 rings (SSSR count). The maximum atomic E-state index is 12.2. The van der Waals surface area contributed by atoms with Gasteiger partial charge in [0, 0.05) is 30.6 Å². The summed E-state index contributed by atoms with van der Waals surface area (Å²) in [6.45, 7) is 1.59. The topological polar surface area (TPSA) is 85.9 Å². The average molecular weight is 354 g/mol. The van der Waals surface area contributed by atoms with Crippen LogP contribution in [0.4, 0.5) is 11.4 Å². The molecule has 26 heavy (non-hydrogen) atoms. The van der Waals surface area contributed by atoms with Crippen LogP contribution in [0, 0.1) is 0 Å². The first-order valence-corrected chi connectivity index (χ1v) is 8.24. The third-order valence-corrected chi connectivity index (χ3v) is 4.50. The molecule has 0 spiro atoms. The summed E-state index contributed by atoms with van der Waals surface area (Å²) in [5.41, 5.74) is 3.21. The van der Waals surface area contributed by atoms with Gasteiger partial charge in [0.15, 0.2) is 11.5 Å². The summed E-state index contributed by atoms with van der Waals surface area (Å²) in [7, 11) is 1.57. The quantitative estimate of drug-likeness (QED) is 0.885. The second-order valence-corrected chi connectivity index (χ2v) is 6.25. The highest BCUT2D eigenvalue weighted by Crippen LogP contribution is 2.46. The van der Waals surface area contributed by atoms with Crippen molar-refractivity contribution < 1.29 is 23.8 Å². The van der Waals surface area contributed by atoms with E-state index in [0.29, 0.717) is 35.0 Å². The Morgan fingerprint density at radius 1 is 1.27 bits per heavy atom. The van der Waals surface area contributed by atoms with Crippen molar-refractivity contribution in [3.8, 4) is 17.2 Å². The predicted octanol–water partition coefficient (Wildman–Crippen LogP) is 2.86. The lowest BCUT2D eigenvalue weighted by atomic mass is 9.84. The van der Waals surface area contributed by atoms with Gasteiger partial charge in [-0.05, 0) is 35.4 Å². The van der Waals surface area contributed by atoms with Gasteiger partial charge in [-0.25, -0.2) is 0 Å². The summed E-state index contributed by atoms with van der Waals surface area (Å²) < 4.78 is 16.4. The number of fused-ring (bicyclic) bond motifs is 2. The Hall–Kier alpha value is -3.22. The van der Waals surface area contributed by atoms with Gasteiger partial charge in [0.1, 0.15) is 0 Å². The van der Waals surface area contributed by atoms with Crippen molar-refractivity contribution in [2.75, 3.05) is 24.5 Å². The molecule has 2 aromatic rings. The minimum Gasteiger partial charge on any atom is -0.493 e. The van der Waals surface area contributed by atoms with Crippen molar-refractivity contribution in [1.29, 1.82) is 0 Å². The fourth-order valence-corrected chi connectivity index (χ4v) is 3.39.